The van der Waals surface area contributed by atoms with Crippen molar-refractivity contribution in [2.45, 2.75) is 32.7 Å². The predicted octanol–water partition coefficient (Wildman–Crippen LogP) is 3.01. The number of hydrogen-bond acceptors (Lipinski definition) is 1. The van der Waals surface area contributed by atoms with Crippen LogP contribution in [0.1, 0.15) is 38.3 Å². The number of amides is 1. The fourth-order valence-electron chi connectivity index (χ4n) is 2.32. The van der Waals surface area contributed by atoms with E-state index in [1.54, 1.807) is 0 Å². The van der Waals surface area contributed by atoms with Gasteiger partial charge >= 0.3 is 0 Å². The van der Waals surface area contributed by atoms with Gasteiger partial charge in [0.1, 0.15) is 0 Å². The van der Waals surface area contributed by atoms with Crippen molar-refractivity contribution in [1.82, 2.24) is 4.90 Å². The smallest absolute Gasteiger partial charge is 0.223 e. The first-order chi connectivity index (χ1) is 7.68. The first-order valence-electron chi connectivity index (χ1n) is 6.03. The molecule has 0 N–H and O–H groups in total. The van der Waals surface area contributed by atoms with E-state index in [4.69, 9.17) is 0 Å². The summed E-state index contributed by atoms with van der Waals surface area (Å²) in [6, 6.07) is 10.5. The van der Waals surface area contributed by atoms with Gasteiger partial charge < -0.3 is 4.90 Å². The number of nitrogens with zero attached hydrogens (tertiary/aromatic N) is 1. The molecule has 2 atom stereocenters. The van der Waals surface area contributed by atoms with Gasteiger partial charge in [0, 0.05) is 13.0 Å². The van der Waals surface area contributed by atoms with Crippen LogP contribution in [0, 0.1) is 5.92 Å². The molecule has 0 saturated carbocycles. The normalized spacial score (nSPS) is 23.2. The van der Waals surface area contributed by atoms with Crippen molar-refractivity contribution in [2.24, 2.45) is 5.92 Å². The fraction of sp³-hybridized carbons (Fsp3) is 0.500. The zero-order valence-electron chi connectivity index (χ0n) is 10.0. The first-order valence-corrected chi connectivity index (χ1v) is 6.03. The highest BCUT2D eigenvalue weighted by molar-refractivity contribution is 5.77. The standard InChI is InChI=1S/C14H19NO/c1-11-8-9-15(14(16)10-11)12(2)13-6-4-3-5-7-13/h3-7,11-12H,8-10H2,1-2H3/t11?,12-/m0/s1. The van der Waals surface area contributed by atoms with E-state index in [0.717, 1.165) is 13.0 Å². The second-order valence-electron chi connectivity index (χ2n) is 4.77. The van der Waals surface area contributed by atoms with Gasteiger partial charge in [0.05, 0.1) is 6.04 Å². The SMILES string of the molecule is CC1CCN([C@@H](C)c2ccccc2)C(=O)C1. The molecule has 1 heterocycles. The van der Waals surface area contributed by atoms with Crippen molar-refractivity contribution in [2.75, 3.05) is 6.54 Å². The number of benzene rings is 1. The summed E-state index contributed by atoms with van der Waals surface area (Å²) in [6.07, 6.45) is 1.83. The summed E-state index contributed by atoms with van der Waals surface area (Å²) in [4.78, 5) is 14.0. The predicted molar refractivity (Wildman–Crippen MR) is 65.0 cm³/mol. The maximum atomic E-state index is 11.9. The summed E-state index contributed by atoms with van der Waals surface area (Å²) in [5.41, 5.74) is 1.23. The highest BCUT2D eigenvalue weighted by Crippen LogP contribution is 2.26. The van der Waals surface area contributed by atoms with Crippen LogP contribution in [0.25, 0.3) is 0 Å². The highest BCUT2D eigenvalue weighted by Gasteiger charge is 2.27. The topological polar surface area (TPSA) is 20.3 Å². The van der Waals surface area contributed by atoms with Gasteiger partial charge in [-0.2, -0.15) is 0 Å². The zero-order valence-corrected chi connectivity index (χ0v) is 10.0. The molecule has 0 bridgehead atoms. The lowest BCUT2D eigenvalue weighted by molar-refractivity contribution is -0.137. The molecule has 1 saturated heterocycles. The lowest BCUT2D eigenvalue weighted by atomic mass is 9.96. The largest absolute Gasteiger partial charge is 0.336 e. The molecule has 0 spiro atoms. The Morgan fingerprint density at radius 3 is 2.62 bits per heavy atom. The van der Waals surface area contributed by atoms with Gasteiger partial charge in [-0.3, -0.25) is 4.79 Å². The molecule has 86 valence electrons. The number of piperidine rings is 1. The van der Waals surface area contributed by atoms with E-state index < -0.39 is 0 Å². The lowest BCUT2D eigenvalue weighted by Crippen LogP contribution is -2.39. The van der Waals surface area contributed by atoms with E-state index in [1.807, 2.05) is 23.1 Å². The molecule has 0 aliphatic carbocycles. The van der Waals surface area contributed by atoms with Crippen molar-refractivity contribution in [3.63, 3.8) is 0 Å². The van der Waals surface area contributed by atoms with Gasteiger partial charge in [-0.15, -0.1) is 0 Å². The lowest BCUT2D eigenvalue weighted by Gasteiger charge is -2.35. The highest BCUT2D eigenvalue weighted by atomic mass is 16.2. The van der Waals surface area contributed by atoms with Gasteiger partial charge in [-0.1, -0.05) is 37.3 Å². The summed E-state index contributed by atoms with van der Waals surface area (Å²) >= 11 is 0. The Bertz CT molecular complexity index is 360. The van der Waals surface area contributed by atoms with Crippen LogP contribution >= 0.6 is 0 Å². The Hall–Kier alpha value is -1.31. The van der Waals surface area contributed by atoms with Crippen LogP contribution in [0.4, 0.5) is 0 Å². The molecule has 1 amide bonds. The fourth-order valence-corrected chi connectivity index (χ4v) is 2.32. The molecule has 1 aromatic rings. The van der Waals surface area contributed by atoms with Crippen molar-refractivity contribution < 1.29 is 4.79 Å². The molecule has 2 nitrogen and oxygen atoms in total. The molecule has 2 heteroatoms. The summed E-state index contributed by atoms with van der Waals surface area (Å²) in [6.45, 7) is 5.17. The van der Waals surface area contributed by atoms with Crippen molar-refractivity contribution in [3.8, 4) is 0 Å². The van der Waals surface area contributed by atoms with Crippen molar-refractivity contribution in [1.29, 1.82) is 0 Å². The second-order valence-corrected chi connectivity index (χ2v) is 4.77. The van der Waals surface area contributed by atoms with Gasteiger partial charge in [0.25, 0.3) is 0 Å². The van der Waals surface area contributed by atoms with E-state index in [2.05, 4.69) is 26.0 Å². The average Bonchev–Trinajstić information content (AvgIpc) is 2.29. The second kappa shape index (κ2) is 4.69. The molecular formula is C14H19NO. The van der Waals surface area contributed by atoms with Crippen molar-refractivity contribution >= 4 is 5.91 Å². The van der Waals surface area contributed by atoms with Crippen molar-refractivity contribution in [3.05, 3.63) is 35.9 Å². The Kier molecular flexibility index (Phi) is 3.28. The molecule has 1 unspecified atom stereocenters. The molecule has 1 aliphatic rings. The minimum atomic E-state index is 0.209. The number of rotatable bonds is 2. The van der Waals surface area contributed by atoms with E-state index in [-0.39, 0.29) is 6.04 Å². The summed E-state index contributed by atoms with van der Waals surface area (Å²) in [5, 5.41) is 0. The Morgan fingerprint density at radius 1 is 1.31 bits per heavy atom. The van der Waals surface area contributed by atoms with E-state index in [1.165, 1.54) is 5.56 Å². The minimum absolute atomic E-state index is 0.209. The molecule has 0 radical (unpaired) electrons. The van der Waals surface area contributed by atoms with Crippen LogP contribution in [0.2, 0.25) is 0 Å². The molecular weight excluding hydrogens is 198 g/mol. The number of carbonyl (C=O) groups is 1. The monoisotopic (exact) mass is 217 g/mol. The minimum Gasteiger partial charge on any atom is -0.336 e. The van der Waals surface area contributed by atoms with Gasteiger partial charge in [0.15, 0.2) is 0 Å². The number of likely N-dealkylation sites (tertiary alicyclic amines) is 1. The van der Waals surface area contributed by atoms with Gasteiger partial charge in [0.2, 0.25) is 5.91 Å². The zero-order chi connectivity index (χ0) is 11.5. The Balaban J connectivity index is 2.10. The van der Waals surface area contributed by atoms with Crippen LogP contribution in [0.5, 0.6) is 0 Å². The van der Waals surface area contributed by atoms with Crippen LogP contribution in [0.3, 0.4) is 0 Å². The van der Waals surface area contributed by atoms with E-state index >= 15 is 0 Å². The number of hydrogen-bond donors (Lipinski definition) is 0. The Labute approximate surface area is 97.3 Å². The third kappa shape index (κ3) is 2.26. The molecule has 0 aromatic heterocycles. The van der Waals surface area contributed by atoms with E-state index in [9.17, 15) is 4.79 Å². The molecule has 1 aromatic carbocycles. The number of carbonyl (C=O) groups excluding carboxylic acids is 1. The molecule has 1 aliphatic heterocycles. The summed E-state index contributed by atoms with van der Waals surface area (Å²) in [5.74, 6) is 0.849. The Morgan fingerprint density at radius 2 is 2.00 bits per heavy atom. The molecule has 2 rings (SSSR count). The van der Waals surface area contributed by atoms with Gasteiger partial charge in [-0.25, -0.2) is 0 Å². The average molecular weight is 217 g/mol. The van der Waals surface area contributed by atoms with Crippen LogP contribution in [-0.2, 0) is 4.79 Å². The van der Waals surface area contributed by atoms with Crippen LogP contribution in [0.15, 0.2) is 30.3 Å². The maximum absolute atomic E-state index is 11.9. The third-order valence-electron chi connectivity index (χ3n) is 3.46. The van der Waals surface area contributed by atoms with Gasteiger partial charge in [-0.05, 0) is 24.8 Å². The maximum Gasteiger partial charge on any atom is 0.223 e. The summed E-state index contributed by atoms with van der Waals surface area (Å²) in [7, 11) is 0. The first kappa shape index (κ1) is 11.2. The van der Waals surface area contributed by atoms with Crippen LogP contribution in [-0.4, -0.2) is 17.4 Å². The summed E-state index contributed by atoms with van der Waals surface area (Å²) < 4.78 is 0. The van der Waals surface area contributed by atoms with E-state index in [0.29, 0.717) is 18.2 Å². The molecule has 16 heavy (non-hydrogen) atoms. The third-order valence-corrected chi connectivity index (χ3v) is 3.46. The quantitative estimate of drug-likeness (QED) is 0.745. The molecule has 1 fully saturated rings. The van der Waals surface area contributed by atoms with Crippen LogP contribution < -0.4 is 0 Å².